The Balaban J connectivity index is 3.92. The summed E-state index contributed by atoms with van der Waals surface area (Å²) >= 11 is 5.99. The first kappa shape index (κ1) is 14.4. The van der Waals surface area contributed by atoms with Crippen molar-refractivity contribution in [3.05, 3.63) is 0 Å². The van der Waals surface area contributed by atoms with Crippen LogP contribution < -0.4 is 0 Å². The van der Waals surface area contributed by atoms with Crippen LogP contribution in [0.5, 0.6) is 0 Å². The van der Waals surface area contributed by atoms with E-state index in [1.54, 1.807) is 0 Å². The van der Waals surface area contributed by atoms with Crippen molar-refractivity contribution in [3.8, 4) is 0 Å². The van der Waals surface area contributed by atoms with Crippen LogP contribution in [0.2, 0.25) is 0 Å². The average molecular weight is 335 g/mol. The van der Waals surface area contributed by atoms with Gasteiger partial charge in [-0.3, -0.25) is 0 Å². The van der Waals surface area contributed by atoms with Gasteiger partial charge in [0.05, 0.1) is 0 Å². The Morgan fingerprint density at radius 2 is 1.46 bits per heavy atom. The molecule has 0 saturated carbocycles. The summed E-state index contributed by atoms with van der Waals surface area (Å²) in [6, 6.07) is 0. The normalized spacial score (nSPS) is 20.8. The van der Waals surface area contributed by atoms with Crippen molar-refractivity contribution in [2.75, 3.05) is 0 Å². The molecule has 0 aromatic rings. The zero-order valence-corrected chi connectivity index (χ0v) is 13.0. The monoisotopic (exact) mass is 337 g/mol. The van der Waals surface area contributed by atoms with Crippen LogP contribution in [0.15, 0.2) is 0 Å². The topological polar surface area (TPSA) is 18.5 Å². The summed E-state index contributed by atoms with van der Waals surface area (Å²) in [6.07, 6.45) is 2.52. The molecule has 0 amide bonds. The minimum atomic E-state index is -1.84. The molecule has 2 nitrogen and oxygen atoms in total. The van der Waals surface area contributed by atoms with Gasteiger partial charge in [-0.2, -0.15) is 0 Å². The van der Waals surface area contributed by atoms with Crippen LogP contribution in [-0.2, 0) is 9.05 Å². The molecule has 0 rings (SSSR count). The molecule has 2 unspecified atom stereocenters. The zero-order valence-electron chi connectivity index (χ0n) is 8.65. The molecule has 0 aliphatic carbocycles. The Labute approximate surface area is 97.9 Å². The van der Waals surface area contributed by atoms with E-state index in [0.29, 0.717) is 0 Å². The van der Waals surface area contributed by atoms with Gasteiger partial charge < -0.3 is 0 Å². The van der Waals surface area contributed by atoms with E-state index in [1.165, 1.54) is 0 Å². The molecule has 0 aliphatic rings. The van der Waals surface area contributed by atoms with Crippen molar-refractivity contribution < 1.29 is 9.05 Å². The summed E-state index contributed by atoms with van der Waals surface area (Å²) < 4.78 is 11.5. The van der Waals surface area contributed by atoms with Crippen molar-refractivity contribution in [1.29, 1.82) is 0 Å². The molecule has 0 fully saturated rings. The molecular formula is C8H18O2PSe2. The van der Waals surface area contributed by atoms with Crippen LogP contribution in [0.4, 0.5) is 0 Å². The molecule has 0 N–H and O–H groups in total. The van der Waals surface area contributed by atoms with E-state index >= 15 is 0 Å². The molecule has 0 aromatic carbocycles. The summed E-state index contributed by atoms with van der Waals surface area (Å²) in [4.78, 5) is 0. The first-order valence-electron chi connectivity index (χ1n) is 4.59. The maximum absolute atomic E-state index is 5.74. The number of hydrogen-bond donors (Lipinski definition) is 0. The Morgan fingerprint density at radius 1 is 1.15 bits per heavy atom. The standard InChI is InChI=1S/C8H18O2PSe2/c1-5-7(3)9-11(12,13)10-8(4)6-2/h7-8H,5-6H2,1-4H3. The summed E-state index contributed by atoms with van der Waals surface area (Å²) in [5, 5.41) is -1.84. The molecular weight excluding hydrogens is 317 g/mol. The van der Waals surface area contributed by atoms with Gasteiger partial charge in [-0.1, -0.05) is 0 Å². The van der Waals surface area contributed by atoms with Crippen molar-refractivity contribution in [3.63, 3.8) is 0 Å². The molecule has 5 heteroatoms. The molecule has 0 bridgehead atoms. The number of rotatable bonds is 6. The molecule has 0 saturated heterocycles. The Kier molecular flexibility index (Phi) is 7.52. The van der Waals surface area contributed by atoms with E-state index in [-0.39, 0.29) is 12.2 Å². The molecule has 2 atom stereocenters. The second-order valence-electron chi connectivity index (χ2n) is 3.10. The van der Waals surface area contributed by atoms with Gasteiger partial charge in [0.1, 0.15) is 0 Å². The fraction of sp³-hybridized carbons (Fsp3) is 1.00. The van der Waals surface area contributed by atoms with Crippen molar-refractivity contribution in [1.82, 2.24) is 0 Å². The quantitative estimate of drug-likeness (QED) is 0.549. The third-order valence-electron chi connectivity index (χ3n) is 1.77. The fourth-order valence-corrected chi connectivity index (χ4v) is 5.54. The molecule has 13 heavy (non-hydrogen) atoms. The maximum atomic E-state index is 5.74. The van der Waals surface area contributed by atoms with Gasteiger partial charge in [-0.15, -0.1) is 0 Å². The molecule has 0 aromatic heterocycles. The van der Waals surface area contributed by atoms with E-state index in [2.05, 4.69) is 58.8 Å². The van der Waals surface area contributed by atoms with Crippen LogP contribution in [0.1, 0.15) is 40.5 Å². The van der Waals surface area contributed by atoms with E-state index in [4.69, 9.17) is 9.05 Å². The molecule has 0 heterocycles. The summed E-state index contributed by atoms with van der Waals surface area (Å²) in [5.41, 5.74) is 0. The van der Waals surface area contributed by atoms with Crippen molar-refractivity contribution in [2.24, 2.45) is 0 Å². The van der Waals surface area contributed by atoms with Gasteiger partial charge in [0.15, 0.2) is 0 Å². The molecule has 1 radical (unpaired) electrons. The SMILES string of the molecule is CCC(C)O[P+]([Se])([Se-])OC(C)CC. The van der Waals surface area contributed by atoms with Crippen LogP contribution >= 0.6 is 5.10 Å². The fourth-order valence-electron chi connectivity index (χ4n) is 0.615. The van der Waals surface area contributed by atoms with Gasteiger partial charge in [-0.25, -0.2) is 0 Å². The number of hydrogen-bond acceptors (Lipinski definition) is 2. The van der Waals surface area contributed by atoms with Crippen LogP contribution in [0, 0.1) is 0 Å². The van der Waals surface area contributed by atoms with Gasteiger partial charge in [-0.05, 0) is 0 Å². The third kappa shape index (κ3) is 7.33. The summed E-state index contributed by atoms with van der Waals surface area (Å²) in [7, 11) is 0. The van der Waals surface area contributed by atoms with Gasteiger partial charge in [0.25, 0.3) is 0 Å². The summed E-state index contributed by atoms with van der Waals surface area (Å²) in [5.74, 6) is 0. The Hall–Kier alpha value is 1.39. The van der Waals surface area contributed by atoms with E-state index in [9.17, 15) is 0 Å². The minimum absolute atomic E-state index is 0.250. The van der Waals surface area contributed by atoms with E-state index in [1.807, 2.05) is 0 Å². The van der Waals surface area contributed by atoms with E-state index < -0.39 is 5.10 Å². The van der Waals surface area contributed by atoms with E-state index in [0.717, 1.165) is 12.8 Å². The van der Waals surface area contributed by atoms with Crippen molar-refractivity contribution >= 4 is 36.2 Å². The van der Waals surface area contributed by atoms with Gasteiger partial charge in [0.2, 0.25) is 0 Å². The van der Waals surface area contributed by atoms with Crippen LogP contribution in [0.3, 0.4) is 0 Å². The average Bonchev–Trinajstić information content (AvgIpc) is 2.02. The first-order valence-corrected chi connectivity index (χ1v) is 10.6. The van der Waals surface area contributed by atoms with Gasteiger partial charge >= 0.3 is 98.0 Å². The second kappa shape index (κ2) is 6.80. The predicted molar refractivity (Wildman–Crippen MR) is 60.1 cm³/mol. The Bertz CT molecular complexity index is 130. The van der Waals surface area contributed by atoms with Crippen molar-refractivity contribution in [2.45, 2.75) is 52.7 Å². The Morgan fingerprint density at radius 3 is 1.69 bits per heavy atom. The first-order chi connectivity index (χ1) is 5.91. The third-order valence-corrected chi connectivity index (χ3v) is 5.17. The molecule has 79 valence electrons. The zero-order chi connectivity index (χ0) is 10.5. The predicted octanol–water partition coefficient (Wildman–Crippen LogP) is 2.63. The van der Waals surface area contributed by atoms with Gasteiger partial charge in [0, 0.05) is 0 Å². The van der Waals surface area contributed by atoms with Crippen LogP contribution in [0.25, 0.3) is 0 Å². The second-order valence-corrected chi connectivity index (χ2v) is 14.0. The van der Waals surface area contributed by atoms with Crippen LogP contribution in [-0.4, -0.2) is 43.3 Å². The molecule has 0 aliphatic heterocycles. The summed E-state index contributed by atoms with van der Waals surface area (Å²) in [6.45, 7) is 8.33. The molecule has 0 spiro atoms.